The van der Waals surface area contributed by atoms with Crippen LogP contribution in [0.1, 0.15) is 0 Å². The topological polar surface area (TPSA) is 18.5 Å². The first kappa shape index (κ1) is 34.1. The molecule has 2 nitrogen and oxygen atoms in total. The molecule has 0 aromatic heterocycles. The van der Waals surface area contributed by atoms with Gasteiger partial charge in [0.1, 0.15) is 0 Å². The van der Waals surface area contributed by atoms with Gasteiger partial charge in [0.2, 0.25) is 46.5 Å². The summed E-state index contributed by atoms with van der Waals surface area (Å²) in [6.07, 6.45) is 0. The molecule has 0 saturated heterocycles. The molecule has 4 aromatic rings. The van der Waals surface area contributed by atoms with Gasteiger partial charge in [-0.3, -0.25) is 0 Å². The Balaban J connectivity index is 2.15. The lowest BCUT2D eigenvalue weighted by atomic mass is 9.77. The molecule has 0 heterocycles. The van der Waals surface area contributed by atoms with Crippen molar-refractivity contribution < 1.29 is 92.7 Å². The third-order valence-corrected chi connectivity index (χ3v) is 5.78. The molecular weight excluding hydrogens is 692 g/mol. The molecule has 0 spiro atoms. The average molecular weight is 692 g/mol. The molecule has 22 heteroatoms. The van der Waals surface area contributed by atoms with Gasteiger partial charge in [-0.05, 0) is 0 Å². The van der Waals surface area contributed by atoms with Crippen molar-refractivity contribution >= 4 is 12.6 Å². The molecule has 0 unspecified atom stereocenters. The molecule has 4 aromatic carbocycles. The number of hydrogen-bond donors (Lipinski definition) is 0. The van der Waals surface area contributed by atoms with Gasteiger partial charge in [0.25, 0.3) is 0 Å². The summed E-state index contributed by atoms with van der Waals surface area (Å²) in [5, 5.41) is 0. The van der Waals surface area contributed by atoms with Crippen LogP contribution in [0, 0.1) is 111 Å². The fourth-order valence-corrected chi connectivity index (χ4v) is 3.64. The quantitative estimate of drug-likeness (QED) is 0.0888. The van der Waals surface area contributed by atoms with Crippen LogP contribution in [0.15, 0.2) is 0 Å². The summed E-state index contributed by atoms with van der Waals surface area (Å²) in [5.41, 5.74) is -8.30. The van der Waals surface area contributed by atoms with Gasteiger partial charge in [-0.15, -0.1) is 0 Å². The summed E-state index contributed by atoms with van der Waals surface area (Å²) in [6, 6.07) is 0. The molecule has 4 rings (SSSR count). The van der Waals surface area contributed by atoms with Gasteiger partial charge in [-0.1, -0.05) is 0 Å². The van der Waals surface area contributed by atoms with E-state index in [1.54, 1.807) is 0 Å². The average Bonchev–Trinajstić information content (AvgIpc) is 3.03. The molecule has 0 N–H and O–H groups in total. The van der Waals surface area contributed by atoms with E-state index in [1.165, 1.54) is 0 Å². The molecule has 244 valence electrons. The first-order chi connectivity index (χ1) is 21.3. The lowest BCUT2D eigenvalue weighted by Crippen LogP contribution is -2.48. The zero-order chi connectivity index (χ0) is 34.8. The van der Waals surface area contributed by atoms with Crippen molar-refractivity contribution in [2.24, 2.45) is 0 Å². The Morgan fingerprint density at radius 3 is 0.848 bits per heavy atom. The molecule has 0 saturated carbocycles. The molecule has 0 aliphatic carbocycles. The highest BCUT2D eigenvalue weighted by Gasteiger charge is 2.44. The molecule has 0 atom stereocenters. The largest absolute Gasteiger partial charge is 0.639 e. The summed E-state index contributed by atoms with van der Waals surface area (Å²) in [6.45, 7) is 0. The van der Waals surface area contributed by atoms with Gasteiger partial charge < -0.3 is 9.31 Å². The van der Waals surface area contributed by atoms with Crippen molar-refractivity contribution in [3.63, 3.8) is 0 Å². The zero-order valence-electron chi connectivity index (χ0n) is 20.6. The Morgan fingerprint density at radius 2 is 0.478 bits per heavy atom. The van der Waals surface area contributed by atoms with Crippen LogP contribution in [-0.2, 0) is 0 Å². The second-order valence-corrected chi connectivity index (χ2v) is 8.36. The molecule has 0 aliphatic heterocycles. The van der Waals surface area contributed by atoms with Crippen LogP contribution in [0.25, 0.3) is 11.1 Å². The molecule has 0 radical (unpaired) electrons. The lowest BCUT2D eigenvalue weighted by Gasteiger charge is -2.22. The molecule has 0 aliphatic rings. The summed E-state index contributed by atoms with van der Waals surface area (Å²) < 4.78 is 277. The first-order valence-electron chi connectivity index (χ1n) is 11.0. The van der Waals surface area contributed by atoms with Crippen LogP contribution >= 0.6 is 0 Å². The second kappa shape index (κ2) is 11.9. The standard InChI is InChI=1S/C24BF19O2/c26-4-1(5(27)10(32)14(36)9(4)31)2-6(28)11(33)17(39)20(42)23(2)45-25(3-7(29)12(34)15(37)13(35)8(3)30)46-24-21(43)18(40)16(38)19(41)22(24)44. The van der Waals surface area contributed by atoms with E-state index in [0.29, 0.717) is 0 Å². The molecule has 46 heavy (non-hydrogen) atoms. The maximum Gasteiger partial charge on any atom is 0.639 e. The van der Waals surface area contributed by atoms with Crippen LogP contribution in [0.3, 0.4) is 0 Å². The zero-order valence-corrected chi connectivity index (χ0v) is 20.6. The number of benzene rings is 4. The van der Waals surface area contributed by atoms with Crippen LogP contribution < -0.4 is 14.8 Å². The van der Waals surface area contributed by atoms with Crippen LogP contribution in [0.4, 0.5) is 83.4 Å². The minimum atomic E-state index is -4.17. The highest BCUT2D eigenvalue weighted by molar-refractivity contribution is 6.63. The van der Waals surface area contributed by atoms with Gasteiger partial charge in [-0.25, -0.2) is 70.2 Å². The van der Waals surface area contributed by atoms with E-state index in [-0.39, 0.29) is 0 Å². The fraction of sp³-hybridized carbons (Fsp3) is 0. The number of halogens is 19. The minimum absolute atomic E-state index is 2.76. The molecule has 0 fully saturated rings. The maximum absolute atomic E-state index is 14.9. The van der Waals surface area contributed by atoms with Crippen molar-refractivity contribution in [3.05, 3.63) is 111 Å². The smallest absolute Gasteiger partial charge is 0.519 e. The first-order valence-corrected chi connectivity index (χ1v) is 11.0. The summed E-state index contributed by atoms with van der Waals surface area (Å²) in [4.78, 5) is 0. The van der Waals surface area contributed by atoms with Gasteiger partial charge in [-0.2, -0.15) is 13.2 Å². The number of rotatable bonds is 6. The molecule has 0 bridgehead atoms. The van der Waals surface area contributed by atoms with Gasteiger partial charge in [0, 0.05) is 0 Å². The molecular formula is C24BF19O2. The highest BCUT2D eigenvalue weighted by Crippen LogP contribution is 2.43. The lowest BCUT2D eigenvalue weighted by molar-refractivity contribution is 0.326. The number of hydrogen-bond acceptors (Lipinski definition) is 2. The summed E-state index contributed by atoms with van der Waals surface area (Å²) >= 11 is 0. The SMILES string of the molecule is Fc1c(F)c(F)c(OB(Oc2c(F)c(F)c(F)c(F)c2-c2c(F)c(F)c(F)c(F)c2F)c2c(F)c(F)c(F)c(F)c2F)c(F)c1F. The summed E-state index contributed by atoms with van der Waals surface area (Å²) in [5.74, 6) is -64.3. The minimum Gasteiger partial charge on any atom is -0.519 e. The van der Waals surface area contributed by atoms with Crippen LogP contribution in [-0.4, -0.2) is 7.12 Å². The predicted molar refractivity (Wildman–Crippen MR) is 111 cm³/mol. The Morgan fingerprint density at radius 1 is 0.239 bits per heavy atom. The van der Waals surface area contributed by atoms with Crippen LogP contribution in [0.2, 0.25) is 0 Å². The van der Waals surface area contributed by atoms with Crippen LogP contribution in [0.5, 0.6) is 11.5 Å². The van der Waals surface area contributed by atoms with E-state index in [9.17, 15) is 83.4 Å². The van der Waals surface area contributed by atoms with Crippen molar-refractivity contribution in [1.29, 1.82) is 0 Å². The van der Waals surface area contributed by atoms with E-state index < -0.39 is 146 Å². The van der Waals surface area contributed by atoms with E-state index >= 15 is 0 Å². The van der Waals surface area contributed by atoms with Crippen molar-refractivity contribution in [3.8, 4) is 22.6 Å². The fourth-order valence-electron chi connectivity index (χ4n) is 3.64. The third kappa shape index (κ3) is 4.98. The van der Waals surface area contributed by atoms with Gasteiger partial charge in [0.15, 0.2) is 75.5 Å². The Labute approximate surface area is 239 Å². The van der Waals surface area contributed by atoms with E-state index in [0.717, 1.165) is 0 Å². The highest BCUT2D eigenvalue weighted by atomic mass is 19.2. The van der Waals surface area contributed by atoms with E-state index in [1.807, 2.05) is 0 Å². The molecule has 0 amide bonds. The Bertz CT molecular complexity index is 1880. The Kier molecular flexibility index (Phi) is 8.79. The van der Waals surface area contributed by atoms with E-state index in [2.05, 4.69) is 9.31 Å². The van der Waals surface area contributed by atoms with Crippen molar-refractivity contribution in [1.82, 2.24) is 0 Å². The van der Waals surface area contributed by atoms with Crippen molar-refractivity contribution in [2.45, 2.75) is 0 Å². The maximum atomic E-state index is 14.9. The van der Waals surface area contributed by atoms with Gasteiger partial charge >= 0.3 is 7.12 Å². The Hall–Kier alpha value is -4.79. The predicted octanol–water partition coefficient (Wildman–Crippen LogP) is 7.85. The summed E-state index contributed by atoms with van der Waals surface area (Å²) in [7, 11) is -4.17. The monoisotopic (exact) mass is 692 g/mol. The normalized spacial score (nSPS) is 11.4. The second-order valence-electron chi connectivity index (χ2n) is 8.36. The van der Waals surface area contributed by atoms with Crippen molar-refractivity contribution in [2.75, 3.05) is 0 Å². The third-order valence-electron chi connectivity index (χ3n) is 5.78. The van der Waals surface area contributed by atoms with E-state index in [4.69, 9.17) is 0 Å². The van der Waals surface area contributed by atoms with Gasteiger partial charge in [0.05, 0.1) is 16.6 Å².